The van der Waals surface area contributed by atoms with Crippen molar-refractivity contribution in [3.05, 3.63) is 12.2 Å². The van der Waals surface area contributed by atoms with Crippen LogP contribution in [0.2, 0.25) is 0 Å². The quantitative estimate of drug-likeness (QED) is 0.0300. The average molecular weight is 610 g/mol. The van der Waals surface area contributed by atoms with Gasteiger partial charge in [-0.15, -0.1) is 0 Å². The molecule has 42 heavy (non-hydrogen) atoms. The van der Waals surface area contributed by atoms with E-state index in [1.54, 1.807) is 0 Å². The van der Waals surface area contributed by atoms with E-state index >= 15 is 0 Å². The molecule has 0 saturated heterocycles. The lowest BCUT2D eigenvalue weighted by Gasteiger charge is -2.31. The first-order valence-electron chi connectivity index (χ1n) is 19.3. The molecule has 3 heteroatoms. The van der Waals surface area contributed by atoms with E-state index in [0.717, 1.165) is 11.0 Å². The Morgan fingerprint density at radius 1 is 0.452 bits per heavy atom. The summed E-state index contributed by atoms with van der Waals surface area (Å²) in [6, 6.07) is 0. The molecule has 0 amide bonds. The van der Waals surface area contributed by atoms with Crippen LogP contribution in [-0.2, 0) is 4.52 Å². The predicted octanol–water partition coefficient (Wildman–Crippen LogP) is 13.8. The van der Waals surface area contributed by atoms with Crippen molar-refractivity contribution in [2.45, 2.75) is 212 Å². The van der Waals surface area contributed by atoms with Gasteiger partial charge in [-0.25, -0.2) is 0 Å². The molecule has 0 bridgehead atoms. The first-order valence-corrected chi connectivity index (χ1v) is 19.7. The van der Waals surface area contributed by atoms with Gasteiger partial charge in [0.2, 0.25) is 0 Å². The molecule has 0 heterocycles. The van der Waals surface area contributed by atoms with E-state index in [1.165, 1.54) is 199 Å². The summed E-state index contributed by atoms with van der Waals surface area (Å²) >= 11 is 0. The fourth-order valence-corrected chi connectivity index (χ4v) is 6.44. The van der Waals surface area contributed by atoms with Crippen molar-refractivity contribution in [1.82, 2.24) is 0 Å². The molecule has 0 aromatic rings. The second-order valence-electron chi connectivity index (χ2n) is 14.6. The van der Waals surface area contributed by atoms with Crippen molar-refractivity contribution < 1.29 is 9.01 Å². The average Bonchev–Trinajstić information content (AvgIpc) is 2.96. The van der Waals surface area contributed by atoms with Crippen molar-refractivity contribution >= 4 is 9.47 Å². The van der Waals surface area contributed by atoms with Gasteiger partial charge in [-0.05, 0) is 32.1 Å². The van der Waals surface area contributed by atoms with Gasteiger partial charge in [0, 0.05) is 0 Å². The van der Waals surface area contributed by atoms with Gasteiger partial charge >= 0.3 is 0 Å². The number of nitrogens with zero attached hydrogens (tertiary/aromatic N) is 1. The molecule has 0 saturated carbocycles. The number of hydrogen-bond acceptors (Lipinski definition) is 1. The molecular weight excluding hydrogens is 529 g/mol. The minimum Gasteiger partial charge on any atom is -0.554 e. The molecule has 0 aromatic carbocycles. The molecule has 1 unspecified atom stereocenters. The van der Waals surface area contributed by atoms with Crippen LogP contribution in [0, 0.1) is 0 Å². The summed E-state index contributed by atoms with van der Waals surface area (Å²) < 4.78 is 6.44. The van der Waals surface area contributed by atoms with Crippen LogP contribution >= 0.6 is 9.47 Å². The van der Waals surface area contributed by atoms with Gasteiger partial charge in [0.1, 0.15) is 6.54 Å². The normalized spacial score (nSPS) is 13.0. The lowest BCUT2D eigenvalue weighted by molar-refractivity contribution is -0.873. The first-order chi connectivity index (χ1) is 20.5. The highest BCUT2D eigenvalue weighted by Crippen LogP contribution is 2.17. The van der Waals surface area contributed by atoms with Gasteiger partial charge in [0.15, 0.2) is 0 Å². The highest BCUT2D eigenvalue weighted by atomic mass is 31.0. The van der Waals surface area contributed by atoms with E-state index in [-0.39, 0.29) is 0 Å². The molecule has 1 atom stereocenters. The maximum Gasteiger partial charge on any atom is 0.102 e. The van der Waals surface area contributed by atoms with Crippen molar-refractivity contribution in [3.63, 3.8) is 0 Å². The number of hydrogen-bond donors (Lipinski definition) is 0. The van der Waals surface area contributed by atoms with Gasteiger partial charge in [0.05, 0.1) is 27.2 Å². The van der Waals surface area contributed by atoms with Crippen molar-refractivity contribution in [2.24, 2.45) is 0 Å². The topological polar surface area (TPSA) is 9.23 Å². The highest BCUT2D eigenvalue weighted by Gasteiger charge is 2.14. The third-order valence-corrected chi connectivity index (χ3v) is 9.29. The lowest BCUT2D eigenvalue weighted by atomic mass is 10.0. The van der Waals surface area contributed by atoms with Gasteiger partial charge in [-0.3, -0.25) is 0 Å². The number of quaternary nitrogens is 1. The van der Waals surface area contributed by atoms with Crippen molar-refractivity contribution in [1.29, 1.82) is 0 Å². The molecule has 0 fully saturated rings. The molecule has 0 aliphatic rings. The Morgan fingerprint density at radius 3 is 1.02 bits per heavy atom. The fourth-order valence-electron chi connectivity index (χ4n) is 6.25. The Labute approximate surface area is 269 Å². The van der Waals surface area contributed by atoms with Gasteiger partial charge in [-0.1, -0.05) is 186 Å². The zero-order valence-electron chi connectivity index (χ0n) is 29.7. The van der Waals surface area contributed by atoms with Crippen LogP contribution in [-0.4, -0.2) is 38.3 Å². The Morgan fingerprint density at radius 2 is 0.738 bits per heavy atom. The predicted molar refractivity (Wildman–Crippen MR) is 194 cm³/mol. The number of rotatable bonds is 35. The van der Waals surface area contributed by atoms with E-state index in [4.69, 9.17) is 4.52 Å². The molecule has 0 aromatic heterocycles. The summed E-state index contributed by atoms with van der Waals surface area (Å²) in [6.45, 7) is 3.37. The number of unbranched alkanes of at least 4 members (excludes halogenated alkanes) is 28. The lowest BCUT2D eigenvalue weighted by Crippen LogP contribution is -2.41. The Hall–Kier alpha value is 0.0900. The smallest absolute Gasteiger partial charge is 0.102 e. The summed E-state index contributed by atoms with van der Waals surface area (Å²) in [5.41, 5.74) is 0. The van der Waals surface area contributed by atoms with Crippen molar-refractivity contribution in [3.8, 4) is 0 Å². The minimum absolute atomic E-state index is 0.334. The Bertz CT molecular complexity index is 529. The van der Waals surface area contributed by atoms with E-state index in [9.17, 15) is 0 Å². The maximum atomic E-state index is 5.48. The second-order valence-corrected chi connectivity index (χ2v) is 14.8. The van der Waals surface area contributed by atoms with Crippen LogP contribution in [0.3, 0.4) is 0 Å². The monoisotopic (exact) mass is 610 g/mol. The second kappa shape index (κ2) is 34.0. The molecule has 0 N–H and O–H groups in total. The zero-order valence-corrected chi connectivity index (χ0v) is 30.7. The summed E-state index contributed by atoms with van der Waals surface area (Å²) in [6.07, 6.45) is 49.3. The number of allylic oxidation sites excluding steroid dienone is 2. The molecule has 0 radical (unpaired) electrons. The molecule has 0 aliphatic carbocycles. The van der Waals surface area contributed by atoms with Gasteiger partial charge in [0.25, 0.3) is 0 Å². The maximum absolute atomic E-state index is 5.48. The van der Waals surface area contributed by atoms with Crippen LogP contribution in [0.15, 0.2) is 12.2 Å². The SMILES string of the molecule is CCCCCCCCCCCCCCCCCCCCCCCCC=CCCCCCCCCC(C[N+](C)(C)C)O[PH-]. The molecular formula is C39H80NOP. The molecule has 0 aliphatic heterocycles. The third kappa shape index (κ3) is 36.3. The Balaban J connectivity index is 3.19. The van der Waals surface area contributed by atoms with E-state index in [1.807, 2.05) is 0 Å². The van der Waals surface area contributed by atoms with Crippen LogP contribution in [0.4, 0.5) is 0 Å². The van der Waals surface area contributed by atoms with Gasteiger partial charge < -0.3 is 18.5 Å². The fraction of sp³-hybridized carbons (Fsp3) is 0.949. The van der Waals surface area contributed by atoms with Crippen LogP contribution in [0.5, 0.6) is 0 Å². The molecule has 0 spiro atoms. The van der Waals surface area contributed by atoms with Crippen molar-refractivity contribution in [2.75, 3.05) is 27.7 Å². The number of likely N-dealkylation sites (N-methyl/N-ethyl adjacent to an activating group) is 1. The minimum atomic E-state index is 0.334. The van der Waals surface area contributed by atoms with E-state index < -0.39 is 0 Å². The summed E-state index contributed by atoms with van der Waals surface area (Å²) in [4.78, 5) is 0. The molecule has 2 nitrogen and oxygen atoms in total. The summed E-state index contributed by atoms with van der Waals surface area (Å²) in [5, 5.41) is 0. The first kappa shape index (κ1) is 42.1. The third-order valence-electron chi connectivity index (χ3n) is 8.96. The highest BCUT2D eigenvalue weighted by molar-refractivity contribution is 7.09. The summed E-state index contributed by atoms with van der Waals surface area (Å²) in [5.74, 6) is 0. The zero-order chi connectivity index (χ0) is 30.8. The van der Waals surface area contributed by atoms with E-state index in [0.29, 0.717) is 6.10 Å². The Kier molecular flexibility index (Phi) is 34.0. The largest absolute Gasteiger partial charge is 0.554 e. The summed E-state index contributed by atoms with van der Waals surface area (Å²) in [7, 11) is 9.97. The molecule has 252 valence electrons. The van der Waals surface area contributed by atoms with E-state index in [2.05, 4.69) is 49.7 Å². The van der Waals surface area contributed by atoms with Gasteiger partial charge in [-0.2, -0.15) is 0 Å². The standard InChI is InChI=1S/C39H80NOP/c1-5-6-7-8-9-10-11-12-13-14-15-16-17-18-19-20-21-22-23-24-25-26-27-28-29-30-31-32-33-34-35-36-37-39(41-42)38-40(2,3)4/h28-29,39,42H,5-27,30-38H2,1-4H3. The van der Waals surface area contributed by atoms with Crippen LogP contribution < -0.4 is 0 Å². The molecule has 0 rings (SSSR count). The van der Waals surface area contributed by atoms with Crippen LogP contribution in [0.25, 0.3) is 0 Å². The van der Waals surface area contributed by atoms with Crippen LogP contribution in [0.1, 0.15) is 206 Å².